The van der Waals surface area contributed by atoms with Crippen LogP contribution in [0.1, 0.15) is 18.0 Å². The first kappa shape index (κ1) is 24.0. The molecule has 0 spiro atoms. The van der Waals surface area contributed by atoms with E-state index in [9.17, 15) is 8.78 Å². The molecule has 0 aliphatic carbocycles. The molecule has 1 aromatic rings. The third-order valence-corrected chi connectivity index (χ3v) is 4.45. The van der Waals surface area contributed by atoms with Crippen LogP contribution in [0, 0.1) is 11.6 Å². The summed E-state index contributed by atoms with van der Waals surface area (Å²) < 4.78 is 33.4. The molecular weight excluding hydrogens is 467 g/mol. The Morgan fingerprint density at radius 2 is 1.93 bits per heavy atom. The topological polar surface area (TPSA) is 66.1 Å². The number of hydrogen-bond donors (Lipinski definition) is 2. The standard InChI is InChI=1S/C18H29F2N5O.HI/c1-24(2)16(17-14(19)5-3-6-15(17)20)13-23-18(21)22-7-4-8-25-9-11-26-12-10-25;/h3,5-6,16H,4,7-13H2,1-2H3,(H3,21,22,23);1H. The molecule has 2 rings (SSSR count). The van der Waals surface area contributed by atoms with Crippen LogP contribution in [0.5, 0.6) is 0 Å². The van der Waals surface area contributed by atoms with Crippen molar-refractivity contribution in [3.8, 4) is 0 Å². The lowest BCUT2D eigenvalue weighted by atomic mass is 10.0. The molecule has 0 amide bonds. The smallest absolute Gasteiger partial charge is 0.188 e. The van der Waals surface area contributed by atoms with Gasteiger partial charge in [-0.15, -0.1) is 24.0 Å². The summed E-state index contributed by atoms with van der Waals surface area (Å²) in [4.78, 5) is 8.34. The van der Waals surface area contributed by atoms with E-state index in [1.165, 1.54) is 18.2 Å². The van der Waals surface area contributed by atoms with Gasteiger partial charge in [-0.2, -0.15) is 0 Å². The fourth-order valence-corrected chi connectivity index (χ4v) is 2.93. The summed E-state index contributed by atoms with van der Waals surface area (Å²) in [5.74, 6) is -0.859. The van der Waals surface area contributed by atoms with Crippen molar-refractivity contribution in [2.24, 2.45) is 10.7 Å². The second-order valence-electron chi connectivity index (χ2n) is 6.58. The lowest BCUT2D eigenvalue weighted by molar-refractivity contribution is 0.0376. The highest BCUT2D eigenvalue weighted by atomic mass is 127. The summed E-state index contributed by atoms with van der Waals surface area (Å²) in [6.07, 6.45) is 0.940. The first-order chi connectivity index (χ1) is 12.5. The van der Waals surface area contributed by atoms with E-state index in [2.05, 4.69) is 15.2 Å². The number of benzene rings is 1. The molecule has 1 atom stereocenters. The van der Waals surface area contributed by atoms with E-state index in [0.29, 0.717) is 6.54 Å². The quantitative estimate of drug-likeness (QED) is 0.248. The lowest BCUT2D eigenvalue weighted by Gasteiger charge is -2.26. The Hall–Kier alpha value is -1.04. The molecule has 0 radical (unpaired) electrons. The molecule has 1 saturated heterocycles. The molecule has 0 aromatic heterocycles. The third kappa shape index (κ3) is 7.84. The van der Waals surface area contributed by atoms with Crippen LogP contribution in [0.2, 0.25) is 0 Å². The zero-order valence-corrected chi connectivity index (χ0v) is 18.3. The zero-order valence-electron chi connectivity index (χ0n) is 16.0. The van der Waals surface area contributed by atoms with Gasteiger partial charge in [0.1, 0.15) is 11.6 Å². The molecule has 1 aliphatic rings. The molecule has 1 aromatic carbocycles. The predicted molar refractivity (Wildman–Crippen MR) is 115 cm³/mol. The van der Waals surface area contributed by atoms with Crippen molar-refractivity contribution in [2.45, 2.75) is 12.5 Å². The lowest BCUT2D eigenvalue weighted by Crippen LogP contribution is -2.39. The molecule has 3 N–H and O–H groups in total. The van der Waals surface area contributed by atoms with E-state index in [4.69, 9.17) is 10.5 Å². The molecule has 1 heterocycles. The Morgan fingerprint density at radius 1 is 1.30 bits per heavy atom. The summed E-state index contributed by atoms with van der Waals surface area (Å²) in [5.41, 5.74) is 5.91. The SMILES string of the molecule is CN(C)C(CN=C(N)NCCCN1CCOCC1)c1c(F)cccc1F.I. The number of halogens is 3. The number of ether oxygens (including phenoxy) is 1. The van der Waals surface area contributed by atoms with Crippen molar-refractivity contribution in [2.75, 3.05) is 60.0 Å². The van der Waals surface area contributed by atoms with Crippen molar-refractivity contribution in [3.05, 3.63) is 35.4 Å². The number of nitrogens with zero attached hydrogens (tertiary/aromatic N) is 3. The molecule has 154 valence electrons. The molecule has 0 bridgehead atoms. The van der Waals surface area contributed by atoms with Gasteiger partial charge >= 0.3 is 0 Å². The van der Waals surface area contributed by atoms with Crippen LogP contribution >= 0.6 is 24.0 Å². The largest absolute Gasteiger partial charge is 0.379 e. The number of guanidine groups is 1. The zero-order chi connectivity index (χ0) is 18.9. The molecule has 27 heavy (non-hydrogen) atoms. The van der Waals surface area contributed by atoms with Gasteiger partial charge in [0.25, 0.3) is 0 Å². The highest BCUT2D eigenvalue weighted by molar-refractivity contribution is 14.0. The highest BCUT2D eigenvalue weighted by Crippen LogP contribution is 2.24. The first-order valence-corrected chi connectivity index (χ1v) is 8.93. The number of nitrogens with two attached hydrogens (primary N) is 1. The summed E-state index contributed by atoms with van der Waals surface area (Å²) >= 11 is 0. The van der Waals surface area contributed by atoms with E-state index < -0.39 is 17.7 Å². The average Bonchev–Trinajstić information content (AvgIpc) is 2.61. The molecule has 9 heteroatoms. The van der Waals surface area contributed by atoms with Gasteiger partial charge in [0, 0.05) is 25.2 Å². The normalized spacial score (nSPS) is 16.9. The second kappa shape index (κ2) is 12.4. The third-order valence-electron chi connectivity index (χ3n) is 4.45. The second-order valence-corrected chi connectivity index (χ2v) is 6.58. The maximum Gasteiger partial charge on any atom is 0.188 e. The van der Waals surface area contributed by atoms with Gasteiger partial charge in [-0.3, -0.25) is 9.89 Å². The minimum Gasteiger partial charge on any atom is -0.379 e. The summed E-state index contributed by atoms with van der Waals surface area (Å²) in [6.45, 7) is 5.35. The first-order valence-electron chi connectivity index (χ1n) is 8.93. The Bertz CT molecular complexity index is 577. The number of nitrogens with one attached hydrogen (secondary N) is 1. The number of morpholine rings is 1. The van der Waals surface area contributed by atoms with Gasteiger partial charge in [0.2, 0.25) is 0 Å². The minimum atomic E-state index is -0.573. The van der Waals surface area contributed by atoms with Crippen LogP contribution in [-0.2, 0) is 4.74 Å². The van der Waals surface area contributed by atoms with Crippen molar-refractivity contribution in [1.29, 1.82) is 0 Å². The van der Waals surface area contributed by atoms with Crippen LogP contribution in [0.3, 0.4) is 0 Å². The van der Waals surface area contributed by atoms with Crippen LogP contribution in [0.4, 0.5) is 8.78 Å². The number of likely N-dealkylation sites (N-methyl/N-ethyl adjacent to an activating group) is 1. The number of rotatable bonds is 8. The van der Waals surface area contributed by atoms with Gasteiger partial charge in [-0.25, -0.2) is 8.78 Å². The minimum absolute atomic E-state index is 0. The highest BCUT2D eigenvalue weighted by Gasteiger charge is 2.21. The van der Waals surface area contributed by atoms with Gasteiger partial charge in [0.15, 0.2) is 5.96 Å². The van der Waals surface area contributed by atoms with Crippen LogP contribution in [-0.4, -0.2) is 75.8 Å². The molecule has 0 saturated carbocycles. The Kier molecular flexibility index (Phi) is 11.0. The van der Waals surface area contributed by atoms with Crippen molar-refractivity contribution in [1.82, 2.24) is 15.1 Å². The number of aliphatic imine (C=N–C) groups is 1. The van der Waals surface area contributed by atoms with Crippen LogP contribution < -0.4 is 11.1 Å². The van der Waals surface area contributed by atoms with Crippen LogP contribution in [0.25, 0.3) is 0 Å². The Balaban J connectivity index is 0.00000364. The van der Waals surface area contributed by atoms with Gasteiger partial charge < -0.3 is 20.7 Å². The monoisotopic (exact) mass is 497 g/mol. The fourth-order valence-electron chi connectivity index (χ4n) is 2.93. The van der Waals surface area contributed by atoms with E-state index in [1.807, 2.05) is 0 Å². The van der Waals surface area contributed by atoms with E-state index in [-0.39, 0.29) is 42.0 Å². The maximum atomic E-state index is 14.0. The molecule has 1 unspecified atom stereocenters. The summed E-state index contributed by atoms with van der Waals surface area (Å²) in [5, 5.41) is 3.06. The predicted octanol–water partition coefficient (Wildman–Crippen LogP) is 1.81. The van der Waals surface area contributed by atoms with E-state index in [0.717, 1.165) is 39.3 Å². The van der Waals surface area contributed by atoms with E-state index >= 15 is 0 Å². The summed E-state index contributed by atoms with van der Waals surface area (Å²) in [6, 6.07) is 3.34. The summed E-state index contributed by atoms with van der Waals surface area (Å²) in [7, 11) is 3.52. The average molecular weight is 497 g/mol. The van der Waals surface area contributed by atoms with Crippen molar-refractivity contribution in [3.63, 3.8) is 0 Å². The van der Waals surface area contributed by atoms with Crippen molar-refractivity contribution >= 4 is 29.9 Å². The fraction of sp³-hybridized carbons (Fsp3) is 0.611. The van der Waals surface area contributed by atoms with Crippen molar-refractivity contribution < 1.29 is 13.5 Å². The molecule has 6 nitrogen and oxygen atoms in total. The molecular formula is C18H30F2IN5O. The molecule has 1 fully saturated rings. The van der Waals surface area contributed by atoms with Crippen LogP contribution in [0.15, 0.2) is 23.2 Å². The van der Waals surface area contributed by atoms with Gasteiger partial charge in [-0.05, 0) is 39.2 Å². The van der Waals surface area contributed by atoms with Gasteiger partial charge in [0.05, 0.1) is 25.8 Å². The maximum absolute atomic E-state index is 14.0. The molecule has 1 aliphatic heterocycles. The Morgan fingerprint density at radius 3 is 2.52 bits per heavy atom. The van der Waals surface area contributed by atoms with E-state index in [1.54, 1.807) is 19.0 Å². The Labute approximate surface area is 177 Å². The number of hydrogen-bond acceptors (Lipinski definition) is 4. The van der Waals surface area contributed by atoms with Gasteiger partial charge in [-0.1, -0.05) is 6.07 Å².